The Morgan fingerprint density at radius 2 is 2.50 bits per heavy atom. The fourth-order valence-electron chi connectivity index (χ4n) is 1.18. The molecule has 12 heavy (non-hydrogen) atoms. The second-order valence-electron chi connectivity index (χ2n) is 3.60. The zero-order chi connectivity index (χ0) is 8.55. The fraction of sp³-hybridized carbons (Fsp3) is 0.750. The summed E-state index contributed by atoms with van der Waals surface area (Å²) in [6.07, 6.45) is 4.63. The number of nitrogens with zero attached hydrogens (tertiary/aromatic N) is 3. The first-order valence-corrected chi connectivity index (χ1v) is 4.41. The van der Waals surface area contributed by atoms with Gasteiger partial charge in [-0.05, 0) is 25.7 Å². The van der Waals surface area contributed by atoms with E-state index in [0.29, 0.717) is 0 Å². The molecular formula is C8H14N4. The Hall–Kier alpha value is -0.900. The quantitative estimate of drug-likeness (QED) is 0.719. The lowest BCUT2D eigenvalue weighted by Gasteiger charge is -1.96. The summed E-state index contributed by atoms with van der Waals surface area (Å²) in [5.41, 5.74) is 6.54. The van der Waals surface area contributed by atoms with Gasteiger partial charge >= 0.3 is 0 Å². The maximum atomic E-state index is 5.66. The van der Waals surface area contributed by atoms with Crippen LogP contribution in [-0.4, -0.2) is 15.0 Å². The fourth-order valence-corrected chi connectivity index (χ4v) is 1.18. The van der Waals surface area contributed by atoms with Crippen molar-refractivity contribution in [2.75, 3.05) is 0 Å². The second kappa shape index (κ2) is 2.86. The number of aromatic nitrogens is 3. The van der Waals surface area contributed by atoms with Gasteiger partial charge in [0.2, 0.25) is 0 Å². The van der Waals surface area contributed by atoms with E-state index in [1.165, 1.54) is 12.8 Å². The Morgan fingerprint density at radius 1 is 1.75 bits per heavy atom. The van der Waals surface area contributed by atoms with E-state index in [9.17, 15) is 0 Å². The van der Waals surface area contributed by atoms with E-state index in [1.54, 1.807) is 0 Å². The molecule has 0 spiro atoms. The van der Waals surface area contributed by atoms with Crippen LogP contribution < -0.4 is 5.73 Å². The van der Waals surface area contributed by atoms with Crippen LogP contribution in [0.2, 0.25) is 0 Å². The van der Waals surface area contributed by atoms with Gasteiger partial charge in [-0.3, -0.25) is 4.68 Å². The molecule has 0 radical (unpaired) electrons. The maximum absolute atomic E-state index is 5.66. The van der Waals surface area contributed by atoms with E-state index >= 15 is 0 Å². The number of hydrogen-bond donors (Lipinski definition) is 1. The number of nitrogens with two attached hydrogens (primary N) is 1. The molecule has 2 N–H and O–H groups in total. The largest absolute Gasteiger partial charge is 0.323 e. The average molecular weight is 166 g/mol. The molecule has 0 aromatic carbocycles. The van der Waals surface area contributed by atoms with Crippen molar-refractivity contribution in [3.05, 3.63) is 11.9 Å². The minimum atomic E-state index is -0.00190. The summed E-state index contributed by atoms with van der Waals surface area (Å²) in [5.74, 6) is 0.840. The van der Waals surface area contributed by atoms with Gasteiger partial charge in [0.1, 0.15) is 0 Å². The highest BCUT2D eigenvalue weighted by Crippen LogP contribution is 2.30. The van der Waals surface area contributed by atoms with Crippen LogP contribution >= 0.6 is 0 Å². The second-order valence-corrected chi connectivity index (χ2v) is 3.60. The summed E-state index contributed by atoms with van der Waals surface area (Å²) in [7, 11) is 0. The zero-order valence-electron chi connectivity index (χ0n) is 7.27. The Kier molecular flexibility index (Phi) is 1.84. The Bertz CT molecular complexity index is 262. The molecule has 1 aliphatic rings. The molecule has 1 saturated carbocycles. The van der Waals surface area contributed by atoms with Crippen molar-refractivity contribution >= 4 is 0 Å². The molecule has 2 rings (SSSR count). The molecule has 1 aromatic rings. The summed E-state index contributed by atoms with van der Waals surface area (Å²) in [6, 6.07) is -0.00190. The van der Waals surface area contributed by atoms with Crippen LogP contribution in [0.4, 0.5) is 0 Å². The highest BCUT2D eigenvalue weighted by atomic mass is 15.4. The van der Waals surface area contributed by atoms with E-state index in [-0.39, 0.29) is 6.04 Å². The lowest BCUT2D eigenvalue weighted by molar-refractivity contribution is 0.544. The monoisotopic (exact) mass is 166 g/mol. The zero-order valence-corrected chi connectivity index (χ0v) is 7.27. The van der Waals surface area contributed by atoms with E-state index < -0.39 is 0 Å². The molecule has 66 valence electrons. The van der Waals surface area contributed by atoms with Crippen LogP contribution in [0, 0.1) is 5.92 Å². The van der Waals surface area contributed by atoms with Gasteiger partial charge in [-0.25, -0.2) is 0 Å². The van der Waals surface area contributed by atoms with E-state index in [4.69, 9.17) is 5.73 Å². The normalized spacial score (nSPS) is 19.5. The molecule has 1 atom stereocenters. The van der Waals surface area contributed by atoms with Crippen LogP contribution in [0.15, 0.2) is 6.20 Å². The molecule has 0 aliphatic heterocycles. The topological polar surface area (TPSA) is 56.7 Å². The summed E-state index contributed by atoms with van der Waals surface area (Å²) < 4.78 is 1.90. The van der Waals surface area contributed by atoms with Gasteiger partial charge in [0.25, 0.3) is 0 Å². The van der Waals surface area contributed by atoms with Crippen LogP contribution in [0.5, 0.6) is 0 Å². The van der Waals surface area contributed by atoms with Gasteiger partial charge in [0, 0.05) is 12.6 Å². The van der Waals surface area contributed by atoms with Gasteiger partial charge in [-0.2, -0.15) is 0 Å². The Labute approximate surface area is 71.8 Å². The third-order valence-corrected chi connectivity index (χ3v) is 2.17. The molecule has 1 heterocycles. The van der Waals surface area contributed by atoms with E-state index in [2.05, 4.69) is 10.3 Å². The molecule has 4 heteroatoms. The average Bonchev–Trinajstić information content (AvgIpc) is 2.66. The third-order valence-electron chi connectivity index (χ3n) is 2.17. The standard InChI is InChI=1S/C8H14N4/c1-6(9)8-5-12(11-10-8)4-7-2-3-7/h5-7H,2-4,9H2,1H3/t6-/m1/s1. The van der Waals surface area contributed by atoms with Crippen molar-refractivity contribution in [1.29, 1.82) is 0 Å². The first kappa shape index (κ1) is 7.73. The number of rotatable bonds is 3. The molecule has 1 aliphatic carbocycles. The predicted molar refractivity (Wildman–Crippen MR) is 45.3 cm³/mol. The molecule has 0 unspecified atom stereocenters. The number of hydrogen-bond acceptors (Lipinski definition) is 3. The van der Waals surface area contributed by atoms with Gasteiger partial charge < -0.3 is 5.73 Å². The lowest BCUT2D eigenvalue weighted by Crippen LogP contribution is -2.05. The van der Waals surface area contributed by atoms with Gasteiger partial charge in [0.15, 0.2) is 0 Å². The maximum Gasteiger partial charge on any atom is 0.0991 e. The molecule has 0 bridgehead atoms. The molecule has 4 nitrogen and oxygen atoms in total. The van der Waals surface area contributed by atoms with Crippen LogP contribution in [-0.2, 0) is 6.54 Å². The summed E-state index contributed by atoms with van der Waals surface area (Å²) in [5, 5.41) is 7.99. The predicted octanol–water partition coefficient (Wildman–Crippen LogP) is 0.708. The third kappa shape index (κ3) is 1.64. The molecular weight excluding hydrogens is 152 g/mol. The Balaban J connectivity index is 2.02. The van der Waals surface area contributed by atoms with E-state index in [0.717, 1.165) is 18.2 Å². The van der Waals surface area contributed by atoms with Crippen LogP contribution in [0.3, 0.4) is 0 Å². The van der Waals surface area contributed by atoms with Crippen molar-refractivity contribution in [3.8, 4) is 0 Å². The highest BCUT2D eigenvalue weighted by molar-refractivity contribution is 4.97. The minimum Gasteiger partial charge on any atom is -0.323 e. The summed E-state index contributed by atoms with van der Waals surface area (Å²) in [6.45, 7) is 2.94. The van der Waals surface area contributed by atoms with Gasteiger partial charge in [-0.1, -0.05) is 5.21 Å². The van der Waals surface area contributed by atoms with Crippen LogP contribution in [0.1, 0.15) is 31.5 Å². The molecule has 1 fully saturated rings. The summed E-state index contributed by atoms with van der Waals surface area (Å²) in [4.78, 5) is 0. The van der Waals surface area contributed by atoms with Crippen molar-refractivity contribution in [1.82, 2.24) is 15.0 Å². The SMILES string of the molecule is C[C@@H](N)c1cn(CC2CC2)nn1. The first-order valence-electron chi connectivity index (χ1n) is 4.41. The molecule has 0 amide bonds. The van der Waals surface area contributed by atoms with E-state index in [1.807, 2.05) is 17.8 Å². The van der Waals surface area contributed by atoms with Crippen LogP contribution in [0.25, 0.3) is 0 Å². The van der Waals surface area contributed by atoms with Crippen molar-refractivity contribution in [3.63, 3.8) is 0 Å². The highest BCUT2D eigenvalue weighted by Gasteiger charge is 2.22. The van der Waals surface area contributed by atoms with Crippen molar-refractivity contribution in [2.24, 2.45) is 11.7 Å². The van der Waals surface area contributed by atoms with Gasteiger partial charge in [-0.15, -0.1) is 5.10 Å². The van der Waals surface area contributed by atoms with Gasteiger partial charge in [0.05, 0.1) is 11.9 Å². The van der Waals surface area contributed by atoms with Crippen molar-refractivity contribution in [2.45, 2.75) is 32.4 Å². The summed E-state index contributed by atoms with van der Waals surface area (Å²) >= 11 is 0. The minimum absolute atomic E-state index is 0.00190. The lowest BCUT2D eigenvalue weighted by atomic mass is 10.3. The first-order chi connectivity index (χ1) is 5.75. The smallest absolute Gasteiger partial charge is 0.0991 e. The molecule has 1 aromatic heterocycles. The molecule has 0 saturated heterocycles. The van der Waals surface area contributed by atoms with Crippen molar-refractivity contribution < 1.29 is 0 Å². The Morgan fingerprint density at radius 3 is 3.00 bits per heavy atom.